The molecule has 0 aliphatic heterocycles. The van der Waals surface area contributed by atoms with Crippen molar-refractivity contribution in [3.05, 3.63) is 70.8 Å². The van der Waals surface area contributed by atoms with E-state index in [0.717, 1.165) is 24.3 Å². The van der Waals surface area contributed by atoms with Crippen molar-refractivity contribution in [3.63, 3.8) is 0 Å². The van der Waals surface area contributed by atoms with E-state index < -0.39 is 23.4 Å². The largest absolute Gasteiger partial charge is 0.416 e. The van der Waals surface area contributed by atoms with E-state index in [1.54, 1.807) is 0 Å². The Morgan fingerprint density at radius 2 is 1.52 bits per heavy atom. The van der Waals surface area contributed by atoms with Crippen molar-refractivity contribution in [1.82, 2.24) is 5.32 Å². The second kappa shape index (κ2) is 6.22. The molecule has 0 aliphatic carbocycles. The molecular formula is C15H12F5N. The molecule has 0 bridgehead atoms. The number of halogens is 5. The second-order valence-corrected chi connectivity index (χ2v) is 4.49. The molecule has 0 atom stereocenters. The molecular weight excluding hydrogens is 289 g/mol. The van der Waals surface area contributed by atoms with Crippen molar-refractivity contribution in [1.29, 1.82) is 0 Å². The molecule has 0 unspecified atom stereocenters. The van der Waals surface area contributed by atoms with E-state index in [2.05, 4.69) is 5.32 Å². The molecule has 112 valence electrons. The molecule has 2 aromatic rings. The Bertz CT molecular complexity index is 622. The smallest absolute Gasteiger partial charge is 0.308 e. The standard InChI is InChI=1S/C15H12F5N/c16-12-5-6-14(17)11(7-12)9-21-8-10-3-1-2-4-13(10)15(18,19)20/h1-7,21H,8-9H2. The average molecular weight is 301 g/mol. The predicted molar refractivity (Wildman–Crippen MR) is 68.3 cm³/mol. The highest BCUT2D eigenvalue weighted by atomic mass is 19.4. The first-order chi connectivity index (χ1) is 9.88. The Morgan fingerprint density at radius 1 is 0.857 bits per heavy atom. The molecule has 2 rings (SSSR count). The summed E-state index contributed by atoms with van der Waals surface area (Å²) < 4.78 is 64.7. The summed E-state index contributed by atoms with van der Waals surface area (Å²) in [5.41, 5.74) is -0.612. The van der Waals surface area contributed by atoms with Crippen molar-refractivity contribution in [3.8, 4) is 0 Å². The van der Waals surface area contributed by atoms with Gasteiger partial charge in [0.05, 0.1) is 5.56 Å². The summed E-state index contributed by atoms with van der Waals surface area (Å²) in [6.45, 7) is -0.151. The van der Waals surface area contributed by atoms with Crippen LogP contribution in [0.15, 0.2) is 42.5 Å². The highest BCUT2D eigenvalue weighted by molar-refractivity contribution is 5.29. The number of alkyl halides is 3. The lowest BCUT2D eigenvalue weighted by molar-refractivity contribution is -0.138. The van der Waals surface area contributed by atoms with Gasteiger partial charge in [0.1, 0.15) is 11.6 Å². The van der Waals surface area contributed by atoms with E-state index in [1.807, 2.05) is 0 Å². The minimum absolute atomic E-state index is 0.0572. The highest BCUT2D eigenvalue weighted by Gasteiger charge is 2.32. The van der Waals surface area contributed by atoms with Crippen LogP contribution in [0, 0.1) is 11.6 Å². The first-order valence-electron chi connectivity index (χ1n) is 6.17. The second-order valence-electron chi connectivity index (χ2n) is 4.49. The highest BCUT2D eigenvalue weighted by Crippen LogP contribution is 2.31. The van der Waals surface area contributed by atoms with E-state index >= 15 is 0 Å². The van der Waals surface area contributed by atoms with Gasteiger partial charge in [0.2, 0.25) is 0 Å². The third-order valence-corrected chi connectivity index (χ3v) is 2.96. The van der Waals surface area contributed by atoms with Crippen LogP contribution in [-0.4, -0.2) is 0 Å². The van der Waals surface area contributed by atoms with Crippen molar-refractivity contribution in [2.75, 3.05) is 0 Å². The lowest BCUT2D eigenvalue weighted by Crippen LogP contribution is -2.18. The molecule has 1 nitrogen and oxygen atoms in total. The Kier molecular flexibility index (Phi) is 4.57. The van der Waals surface area contributed by atoms with Gasteiger partial charge in [-0.1, -0.05) is 18.2 Å². The Balaban J connectivity index is 2.06. The number of nitrogens with one attached hydrogen (secondary N) is 1. The van der Waals surface area contributed by atoms with Crippen LogP contribution in [0.2, 0.25) is 0 Å². The summed E-state index contributed by atoms with van der Waals surface area (Å²) in [5.74, 6) is -1.20. The molecule has 0 heterocycles. The summed E-state index contributed by atoms with van der Waals surface area (Å²) in [6, 6.07) is 8.11. The topological polar surface area (TPSA) is 12.0 Å². The molecule has 2 aromatic carbocycles. The maximum Gasteiger partial charge on any atom is 0.416 e. The molecule has 0 aromatic heterocycles. The fraction of sp³-hybridized carbons (Fsp3) is 0.200. The van der Waals surface area contributed by atoms with Gasteiger partial charge in [-0.3, -0.25) is 0 Å². The van der Waals surface area contributed by atoms with Gasteiger partial charge in [0.15, 0.2) is 0 Å². The molecule has 21 heavy (non-hydrogen) atoms. The molecule has 0 saturated heterocycles. The maximum atomic E-state index is 13.4. The van der Waals surface area contributed by atoms with Crippen LogP contribution < -0.4 is 5.32 Å². The van der Waals surface area contributed by atoms with Gasteiger partial charge in [-0.15, -0.1) is 0 Å². The van der Waals surface area contributed by atoms with Crippen LogP contribution in [0.1, 0.15) is 16.7 Å². The third-order valence-electron chi connectivity index (χ3n) is 2.96. The summed E-state index contributed by atoms with van der Waals surface area (Å²) in [7, 11) is 0. The first kappa shape index (κ1) is 15.4. The monoisotopic (exact) mass is 301 g/mol. The van der Waals surface area contributed by atoms with E-state index in [9.17, 15) is 22.0 Å². The third kappa shape index (κ3) is 4.01. The minimum atomic E-state index is -4.44. The number of rotatable bonds is 4. The van der Waals surface area contributed by atoms with Crippen LogP contribution in [-0.2, 0) is 19.3 Å². The molecule has 0 spiro atoms. The van der Waals surface area contributed by atoms with E-state index in [0.29, 0.717) is 0 Å². The van der Waals surface area contributed by atoms with Gasteiger partial charge in [-0.2, -0.15) is 13.2 Å². The zero-order valence-electron chi connectivity index (χ0n) is 10.8. The zero-order chi connectivity index (χ0) is 15.5. The normalized spacial score (nSPS) is 11.7. The fourth-order valence-electron chi connectivity index (χ4n) is 1.96. The van der Waals surface area contributed by atoms with Crippen LogP contribution in [0.5, 0.6) is 0 Å². The van der Waals surface area contributed by atoms with E-state index in [4.69, 9.17) is 0 Å². The molecule has 6 heteroatoms. The molecule has 0 fully saturated rings. The van der Waals surface area contributed by atoms with Crippen molar-refractivity contribution in [2.24, 2.45) is 0 Å². The average Bonchev–Trinajstić information content (AvgIpc) is 2.42. The molecule has 0 radical (unpaired) electrons. The summed E-state index contributed by atoms with van der Waals surface area (Å²) >= 11 is 0. The van der Waals surface area contributed by atoms with Crippen LogP contribution in [0.3, 0.4) is 0 Å². The van der Waals surface area contributed by atoms with Gasteiger partial charge in [0, 0.05) is 18.7 Å². The van der Waals surface area contributed by atoms with E-state index in [1.165, 1.54) is 18.2 Å². The quantitative estimate of drug-likeness (QED) is 0.831. The minimum Gasteiger partial charge on any atom is -0.308 e. The van der Waals surface area contributed by atoms with Crippen molar-refractivity contribution in [2.45, 2.75) is 19.3 Å². The number of benzene rings is 2. The lowest BCUT2D eigenvalue weighted by Gasteiger charge is -2.13. The predicted octanol–water partition coefficient (Wildman–Crippen LogP) is 4.27. The van der Waals surface area contributed by atoms with Crippen LogP contribution in [0.25, 0.3) is 0 Å². The van der Waals surface area contributed by atoms with Gasteiger partial charge < -0.3 is 5.32 Å². The van der Waals surface area contributed by atoms with Crippen molar-refractivity contribution >= 4 is 0 Å². The SMILES string of the molecule is Fc1ccc(F)c(CNCc2ccccc2C(F)(F)F)c1. The number of hydrogen-bond acceptors (Lipinski definition) is 1. The Hall–Kier alpha value is -1.95. The van der Waals surface area contributed by atoms with Crippen LogP contribution in [0.4, 0.5) is 22.0 Å². The Labute approximate surface area is 118 Å². The van der Waals surface area contributed by atoms with Gasteiger partial charge in [0.25, 0.3) is 0 Å². The van der Waals surface area contributed by atoms with Gasteiger partial charge >= 0.3 is 6.18 Å². The Morgan fingerprint density at radius 3 is 2.24 bits per heavy atom. The molecule has 0 aliphatic rings. The lowest BCUT2D eigenvalue weighted by atomic mass is 10.1. The van der Waals surface area contributed by atoms with Gasteiger partial charge in [-0.05, 0) is 29.8 Å². The fourth-order valence-corrected chi connectivity index (χ4v) is 1.96. The summed E-state index contributed by atoms with van der Waals surface area (Å²) in [4.78, 5) is 0. The van der Waals surface area contributed by atoms with E-state index in [-0.39, 0.29) is 24.2 Å². The summed E-state index contributed by atoms with van der Waals surface area (Å²) in [5, 5.41) is 2.69. The molecule has 0 amide bonds. The van der Waals surface area contributed by atoms with Crippen LogP contribution >= 0.6 is 0 Å². The van der Waals surface area contributed by atoms with Gasteiger partial charge in [-0.25, -0.2) is 8.78 Å². The molecule has 0 saturated carbocycles. The number of hydrogen-bond donors (Lipinski definition) is 1. The zero-order valence-corrected chi connectivity index (χ0v) is 10.8. The van der Waals surface area contributed by atoms with Crippen molar-refractivity contribution < 1.29 is 22.0 Å². The molecule has 1 N–H and O–H groups in total. The first-order valence-corrected chi connectivity index (χ1v) is 6.17. The summed E-state index contributed by atoms with van der Waals surface area (Å²) in [6.07, 6.45) is -4.44. The maximum absolute atomic E-state index is 13.4.